The van der Waals surface area contributed by atoms with Gasteiger partial charge in [-0.15, -0.1) is 0 Å². The normalized spacial score (nSPS) is 21.4. The highest BCUT2D eigenvalue weighted by atomic mass is 19.2. The molecule has 130 valence electrons. The van der Waals surface area contributed by atoms with E-state index in [0.717, 1.165) is 25.7 Å². The summed E-state index contributed by atoms with van der Waals surface area (Å²) in [5, 5.41) is 0.268. The van der Waals surface area contributed by atoms with Crippen LogP contribution in [0, 0.1) is 23.4 Å². The van der Waals surface area contributed by atoms with Gasteiger partial charge in [-0.05, 0) is 66.5 Å². The summed E-state index contributed by atoms with van der Waals surface area (Å²) in [6.07, 6.45) is 6.78. The third-order valence-electron chi connectivity index (χ3n) is 5.60. The Morgan fingerprint density at radius 1 is 0.917 bits per heavy atom. The molecular formula is C21H25F3. The van der Waals surface area contributed by atoms with Gasteiger partial charge in [0.15, 0.2) is 11.6 Å². The van der Waals surface area contributed by atoms with Gasteiger partial charge in [-0.25, -0.2) is 13.2 Å². The van der Waals surface area contributed by atoms with Gasteiger partial charge in [0.2, 0.25) is 0 Å². The quantitative estimate of drug-likeness (QED) is 0.571. The zero-order valence-corrected chi connectivity index (χ0v) is 14.5. The fraction of sp³-hybridized carbons (Fsp3) is 0.524. The van der Waals surface area contributed by atoms with Crippen LogP contribution in [0.5, 0.6) is 0 Å². The highest BCUT2D eigenvalue weighted by molar-refractivity contribution is 5.85. The van der Waals surface area contributed by atoms with Crippen LogP contribution in [-0.2, 0) is 6.42 Å². The number of rotatable bonds is 4. The van der Waals surface area contributed by atoms with Gasteiger partial charge in [0.05, 0.1) is 5.39 Å². The molecule has 0 unspecified atom stereocenters. The molecular weight excluding hydrogens is 309 g/mol. The second-order valence-electron chi connectivity index (χ2n) is 7.09. The molecule has 0 aromatic heterocycles. The lowest BCUT2D eigenvalue weighted by atomic mass is 9.76. The predicted molar refractivity (Wildman–Crippen MR) is 92.8 cm³/mol. The first-order chi connectivity index (χ1) is 11.6. The van der Waals surface area contributed by atoms with Crippen molar-refractivity contribution in [1.82, 2.24) is 0 Å². The number of halogens is 3. The fourth-order valence-electron chi connectivity index (χ4n) is 4.19. The summed E-state index contributed by atoms with van der Waals surface area (Å²) in [6.45, 7) is 3.99. The minimum atomic E-state index is -1.02. The molecule has 3 heteroatoms. The molecule has 2 aromatic carbocycles. The summed E-state index contributed by atoms with van der Waals surface area (Å²) >= 11 is 0. The third-order valence-corrected chi connectivity index (χ3v) is 5.60. The minimum absolute atomic E-state index is 0.0471. The zero-order chi connectivity index (χ0) is 17.3. The van der Waals surface area contributed by atoms with Crippen LogP contribution in [0.3, 0.4) is 0 Å². The van der Waals surface area contributed by atoms with Crippen molar-refractivity contribution in [1.29, 1.82) is 0 Å². The Bertz CT molecular complexity index is 728. The molecule has 0 atom stereocenters. The number of fused-ring (bicyclic) bond motifs is 1. The molecule has 0 bridgehead atoms. The molecule has 1 aliphatic rings. The molecule has 0 aliphatic heterocycles. The first kappa shape index (κ1) is 17.3. The molecule has 2 aromatic rings. The number of hydrogen-bond acceptors (Lipinski definition) is 0. The van der Waals surface area contributed by atoms with E-state index in [1.165, 1.54) is 12.8 Å². The standard InChI is InChI=1S/C21H25F3/c1-3-5-13-6-8-15(9-7-13)17-12-16-11-10-14(4-2)19(22)18(16)21(24)20(17)23/h10-13,15H,3-9H2,1-2H3. The van der Waals surface area contributed by atoms with Gasteiger partial charge in [-0.3, -0.25) is 0 Å². The van der Waals surface area contributed by atoms with E-state index >= 15 is 0 Å². The van der Waals surface area contributed by atoms with E-state index in [1.54, 1.807) is 18.2 Å². The minimum Gasteiger partial charge on any atom is -0.206 e. The highest BCUT2D eigenvalue weighted by Gasteiger charge is 2.27. The second kappa shape index (κ2) is 7.16. The Kier molecular flexibility index (Phi) is 5.17. The molecule has 0 spiro atoms. The Balaban J connectivity index is 1.97. The Labute approximate surface area is 142 Å². The van der Waals surface area contributed by atoms with Crippen molar-refractivity contribution >= 4 is 10.8 Å². The first-order valence-corrected chi connectivity index (χ1v) is 9.15. The summed E-state index contributed by atoms with van der Waals surface area (Å²) in [6, 6.07) is 5.06. The summed E-state index contributed by atoms with van der Waals surface area (Å²) < 4.78 is 43.6. The van der Waals surface area contributed by atoms with E-state index < -0.39 is 17.5 Å². The summed E-state index contributed by atoms with van der Waals surface area (Å²) in [5.74, 6) is -1.74. The van der Waals surface area contributed by atoms with Gasteiger partial charge in [0.25, 0.3) is 0 Å². The monoisotopic (exact) mass is 334 g/mol. The molecule has 1 aliphatic carbocycles. The molecule has 0 nitrogen and oxygen atoms in total. The molecule has 1 saturated carbocycles. The van der Waals surface area contributed by atoms with Gasteiger partial charge >= 0.3 is 0 Å². The van der Waals surface area contributed by atoms with Crippen molar-refractivity contribution in [3.63, 3.8) is 0 Å². The van der Waals surface area contributed by atoms with Gasteiger partial charge in [0.1, 0.15) is 5.82 Å². The Hall–Kier alpha value is -1.51. The van der Waals surface area contributed by atoms with Gasteiger partial charge in [-0.2, -0.15) is 0 Å². The maximum Gasteiger partial charge on any atom is 0.169 e. The SMILES string of the molecule is CCCC1CCC(c2cc3ccc(CC)c(F)c3c(F)c2F)CC1. The molecule has 0 saturated heterocycles. The van der Waals surface area contributed by atoms with Crippen LogP contribution in [0.1, 0.15) is 69.4 Å². The maximum atomic E-state index is 14.6. The number of aryl methyl sites for hydroxylation is 1. The number of benzene rings is 2. The van der Waals surface area contributed by atoms with E-state index in [0.29, 0.717) is 28.9 Å². The van der Waals surface area contributed by atoms with Crippen molar-refractivity contribution in [3.05, 3.63) is 46.8 Å². The first-order valence-electron chi connectivity index (χ1n) is 9.15. The molecule has 3 rings (SSSR count). The van der Waals surface area contributed by atoms with Crippen LogP contribution in [0.4, 0.5) is 13.2 Å². The topological polar surface area (TPSA) is 0 Å². The lowest BCUT2D eigenvalue weighted by molar-refractivity contribution is 0.303. The van der Waals surface area contributed by atoms with Crippen LogP contribution < -0.4 is 0 Å². The van der Waals surface area contributed by atoms with E-state index in [-0.39, 0.29) is 11.3 Å². The van der Waals surface area contributed by atoms with Crippen LogP contribution in [0.25, 0.3) is 10.8 Å². The summed E-state index contributed by atoms with van der Waals surface area (Å²) in [4.78, 5) is 0. The Morgan fingerprint density at radius 3 is 2.25 bits per heavy atom. The predicted octanol–water partition coefficient (Wildman–Crippen LogP) is 6.89. The highest BCUT2D eigenvalue weighted by Crippen LogP contribution is 2.40. The third kappa shape index (κ3) is 3.05. The smallest absolute Gasteiger partial charge is 0.169 e. The average Bonchev–Trinajstić information content (AvgIpc) is 2.59. The number of hydrogen-bond donors (Lipinski definition) is 0. The fourth-order valence-corrected chi connectivity index (χ4v) is 4.19. The van der Waals surface area contributed by atoms with E-state index in [2.05, 4.69) is 6.92 Å². The van der Waals surface area contributed by atoms with E-state index in [1.807, 2.05) is 6.92 Å². The largest absolute Gasteiger partial charge is 0.206 e. The van der Waals surface area contributed by atoms with E-state index in [4.69, 9.17) is 0 Å². The van der Waals surface area contributed by atoms with Gasteiger partial charge in [-0.1, -0.05) is 38.8 Å². The van der Waals surface area contributed by atoms with Crippen LogP contribution in [-0.4, -0.2) is 0 Å². The lowest BCUT2D eigenvalue weighted by Crippen LogP contribution is -2.15. The van der Waals surface area contributed by atoms with Crippen LogP contribution >= 0.6 is 0 Å². The van der Waals surface area contributed by atoms with Crippen molar-refractivity contribution in [2.45, 2.75) is 64.7 Å². The van der Waals surface area contributed by atoms with Crippen molar-refractivity contribution in [2.24, 2.45) is 5.92 Å². The lowest BCUT2D eigenvalue weighted by Gasteiger charge is -2.29. The maximum absolute atomic E-state index is 14.6. The Morgan fingerprint density at radius 2 is 1.62 bits per heavy atom. The van der Waals surface area contributed by atoms with E-state index in [9.17, 15) is 13.2 Å². The second-order valence-corrected chi connectivity index (χ2v) is 7.09. The zero-order valence-electron chi connectivity index (χ0n) is 14.5. The van der Waals surface area contributed by atoms with Crippen LogP contribution in [0.2, 0.25) is 0 Å². The molecule has 0 heterocycles. The van der Waals surface area contributed by atoms with Crippen LogP contribution in [0.15, 0.2) is 18.2 Å². The molecule has 0 radical (unpaired) electrons. The molecule has 24 heavy (non-hydrogen) atoms. The van der Waals surface area contributed by atoms with Gasteiger partial charge in [0, 0.05) is 0 Å². The average molecular weight is 334 g/mol. The van der Waals surface area contributed by atoms with Crippen molar-refractivity contribution in [3.8, 4) is 0 Å². The molecule has 1 fully saturated rings. The summed E-state index contributed by atoms with van der Waals surface area (Å²) in [7, 11) is 0. The molecule has 0 N–H and O–H groups in total. The van der Waals surface area contributed by atoms with Crippen molar-refractivity contribution in [2.75, 3.05) is 0 Å². The van der Waals surface area contributed by atoms with Gasteiger partial charge < -0.3 is 0 Å². The summed E-state index contributed by atoms with van der Waals surface area (Å²) in [5.41, 5.74) is 0.854. The van der Waals surface area contributed by atoms with Crippen molar-refractivity contribution < 1.29 is 13.2 Å². The molecule has 0 amide bonds.